The molecule has 0 fully saturated rings. The zero-order chi connectivity index (χ0) is 14.3. The Hall–Kier alpha value is -1.62. The van der Waals surface area contributed by atoms with Crippen LogP contribution in [-0.4, -0.2) is 29.7 Å². The highest BCUT2D eigenvalue weighted by molar-refractivity contribution is 5.96. The van der Waals surface area contributed by atoms with Crippen LogP contribution in [0.5, 0.6) is 5.88 Å². The van der Waals surface area contributed by atoms with E-state index in [1.165, 1.54) is 0 Å². The summed E-state index contributed by atoms with van der Waals surface area (Å²) in [4.78, 5) is 16.3. The molecule has 0 aliphatic heterocycles. The number of nitrogens with zero attached hydrogens (tertiary/aromatic N) is 1. The van der Waals surface area contributed by atoms with Crippen LogP contribution >= 0.6 is 0 Å². The average molecular weight is 266 g/mol. The highest BCUT2D eigenvalue weighted by atomic mass is 16.5. The summed E-state index contributed by atoms with van der Waals surface area (Å²) in [7, 11) is 0. The lowest BCUT2D eigenvalue weighted by molar-refractivity contribution is -0.139. The fraction of sp³-hybridized carbons (Fsp3) is 0.571. The molecular weight excluding hydrogens is 244 g/mol. The van der Waals surface area contributed by atoms with E-state index in [-0.39, 0.29) is 5.91 Å². The number of hydrogen-bond acceptors (Lipinski definition) is 4. The van der Waals surface area contributed by atoms with Gasteiger partial charge in [0.15, 0.2) is 0 Å². The molecule has 0 saturated carbocycles. The van der Waals surface area contributed by atoms with E-state index in [2.05, 4.69) is 10.3 Å². The molecule has 0 aliphatic carbocycles. The van der Waals surface area contributed by atoms with Crippen molar-refractivity contribution in [3.63, 3.8) is 0 Å². The van der Waals surface area contributed by atoms with Gasteiger partial charge >= 0.3 is 0 Å². The van der Waals surface area contributed by atoms with Crippen molar-refractivity contribution in [3.8, 4) is 5.88 Å². The Kier molecular flexibility index (Phi) is 5.76. The van der Waals surface area contributed by atoms with Gasteiger partial charge in [-0.3, -0.25) is 4.79 Å². The number of aromatic nitrogens is 1. The van der Waals surface area contributed by atoms with Gasteiger partial charge in [-0.1, -0.05) is 6.92 Å². The van der Waals surface area contributed by atoms with Gasteiger partial charge in [-0.05, 0) is 33.3 Å². The number of carbonyl (C=O) groups is 1. The Morgan fingerprint density at radius 2 is 2.05 bits per heavy atom. The lowest BCUT2D eigenvalue weighted by Gasteiger charge is -2.26. The number of ether oxygens (including phenoxy) is 2. The molecule has 0 unspecified atom stereocenters. The quantitative estimate of drug-likeness (QED) is 0.824. The first-order valence-electron chi connectivity index (χ1n) is 6.60. The summed E-state index contributed by atoms with van der Waals surface area (Å²) < 4.78 is 10.8. The van der Waals surface area contributed by atoms with Gasteiger partial charge in [0.25, 0.3) is 5.91 Å². The van der Waals surface area contributed by atoms with E-state index >= 15 is 0 Å². The smallest absolute Gasteiger partial charge is 0.256 e. The molecule has 106 valence electrons. The summed E-state index contributed by atoms with van der Waals surface area (Å²) in [6.07, 6.45) is 2.18. The van der Waals surface area contributed by atoms with Gasteiger partial charge in [0.05, 0.1) is 18.5 Å². The van der Waals surface area contributed by atoms with Gasteiger partial charge < -0.3 is 14.8 Å². The number of amides is 1. The van der Waals surface area contributed by atoms with Crippen LogP contribution in [0.4, 0.5) is 5.69 Å². The lowest BCUT2D eigenvalue weighted by atomic mass is 10.0. The molecule has 5 nitrogen and oxygen atoms in total. The van der Waals surface area contributed by atoms with Gasteiger partial charge in [0.2, 0.25) is 5.88 Å². The number of hydrogen-bond donors (Lipinski definition) is 1. The molecule has 1 amide bonds. The van der Waals surface area contributed by atoms with Crippen molar-refractivity contribution >= 4 is 11.6 Å². The van der Waals surface area contributed by atoms with Crippen molar-refractivity contribution < 1.29 is 14.3 Å². The van der Waals surface area contributed by atoms with Crippen LogP contribution in [0.3, 0.4) is 0 Å². The molecule has 0 saturated heterocycles. The average Bonchev–Trinajstić information content (AvgIpc) is 2.41. The molecule has 5 heteroatoms. The monoisotopic (exact) mass is 266 g/mol. The fourth-order valence-electron chi connectivity index (χ4n) is 1.60. The Labute approximate surface area is 114 Å². The maximum Gasteiger partial charge on any atom is 0.256 e. The summed E-state index contributed by atoms with van der Waals surface area (Å²) in [5.74, 6) is 0.381. The number of anilines is 1. The van der Waals surface area contributed by atoms with Crippen LogP contribution in [0.25, 0.3) is 0 Å². The molecule has 19 heavy (non-hydrogen) atoms. The molecule has 1 rings (SSSR count). The third-order valence-corrected chi connectivity index (χ3v) is 2.90. The van der Waals surface area contributed by atoms with Crippen LogP contribution in [0.2, 0.25) is 0 Å². The van der Waals surface area contributed by atoms with E-state index in [1.807, 2.05) is 20.8 Å². The van der Waals surface area contributed by atoms with Crippen molar-refractivity contribution in [3.05, 3.63) is 18.3 Å². The summed E-state index contributed by atoms with van der Waals surface area (Å²) in [5.41, 5.74) is -0.180. The number of rotatable bonds is 7. The number of pyridine rings is 1. The highest BCUT2D eigenvalue weighted by Gasteiger charge is 2.31. The maximum atomic E-state index is 12.2. The molecule has 1 aromatic heterocycles. The first kappa shape index (κ1) is 15.4. The maximum absolute atomic E-state index is 12.2. The largest absolute Gasteiger partial charge is 0.478 e. The first-order chi connectivity index (χ1) is 9.05. The molecule has 1 aromatic rings. The van der Waals surface area contributed by atoms with Gasteiger partial charge in [-0.15, -0.1) is 0 Å². The summed E-state index contributed by atoms with van der Waals surface area (Å²) >= 11 is 0. The van der Waals surface area contributed by atoms with Crippen LogP contribution in [0.1, 0.15) is 34.1 Å². The second-order valence-electron chi connectivity index (χ2n) is 4.29. The van der Waals surface area contributed by atoms with Crippen molar-refractivity contribution in [1.29, 1.82) is 0 Å². The summed E-state index contributed by atoms with van der Waals surface area (Å²) in [5, 5.41) is 2.81. The van der Waals surface area contributed by atoms with E-state index in [0.29, 0.717) is 31.2 Å². The first-order valence-corrected chi connectivity index (χ1v) is 6.60. The standard InChI is InChI=1S/C14H22N2O3/c1-5-14(4,19-7-3)13(17)16-11-8-9-12(15-10-11)18-6-2/h8-10H,5-7H2,1-4H3,(H,16,17)/t14-/m1/s1. The Morgan fingerprint density at radius 3 is 2.53 bits per heavy atom. The molecule has 0 spiro atoms. The summed E-state index contributed by atoms with van der Waals surface area (Å²) in [6.45, 7) is 8.54. The third-order valence-electron chi connectivity index (χ3n) is 2.90. The van der Waals surface area contributed by atoms with E-state index in [1.54, 1.807) is 25.3 Å². The predicted octanol–water partition coefficient (Wildman–Crippen LogP) is 2.62. The predicted molar refractivity (Wildman–Crippen MR) is 74.4 cm³/mol. The molecule has 1 N–H and O–H groups in total. The third kappa shape index (κ3) is 4.21. The second-order valence-corrected chi connectivity index (χ2v) is 4.29. The zero-order valence-electron chi connectivity index (χ0n) is 12.0. The SMILES string of the molecule is CCOc1ccc(NC(=O)[C@@](C)(CC)OCC)cn1. The molecule has 0 bridgehead atoms. The minimum absolute atomic E-state index is 0.164. The topological polar surface area (TPSA) is 60.5 Å². The second kappa shape index (κ2) is 7.09. The van der Waals surface area contributed by atoms with Crippen LogP contribution in [0, 0.1) is 0 Å². The van der Waals surface area contributed by atoms with Crippen LogP contribution < -0.4 is 10.1 Å². The van der Waals surface area contributed by atoms with E-state index in [0.717, 1.165) is 0 Å². The summed E-state index contributed by atoms with van der Waals surface area (Å²) in [6, 6.07) is 3.49. The normalized spacial score (nSPS) is 13.7. The zero-order valence-corrected chi connectivity index (χ0v) is 12.0. The number of nitrogens with one attached hydrogen (secondary N) is 1. The van der Waals surface area contributed by atoms with Gasteiger partial charge in [-0.25, -0.2) is 4.98 Å². The highest BCUT2D eigenvalue weighted by Crippen LogP contribution is 2.19. The Morgan fingerprint density at radius 1 is 1.32 bits per heavy atom. The molecular formula is C14H22N2O3. The Balaban J connectivity index is 2.70. The van der Waals surface area contributed by atoms with E-state index in [9.17, 15) is 4.79 Å². The molecule has 0 aliphatic rings. The van der Waals surface area contributed by atoms with Gasteiger partial charge in [0.1, 0.15) is 5.60 Å². The molecule has 0 radical (unpaired) electrons. The number of carbonyl (C=O) groups excluding carboxylic acids is 1. The van der Waals surface area contributed by atoms with Crippen LogP contribution in [0.15, 0.2) is 18.3 Å². The van der Waals surface area contributed by atoms with Crippen molar-refractivity contribution in [1.82, 2.24) is 4.98 Å². The van der Waals surface area contributed by atoms with E-state index in [4.69, 9.17) is 9.47 Å². The molecule has 0 aromatic carbocycles. The Bertz CT molecular complexity index is 406. The van der Waals surface area contributed by atoms with E-state index < -0.39 is 5.60 Å². The van der Waals surface area contributed by atoms with Crippen LogP contribution in [-0.2, 0) is 9.53 Å². The molecule has 1 atom stereocenters. The lowest BCUT2D eigenvalue weighted by Crippen LogP contribution is -2.42. The van der Waals surface area contributed by atoms with Gasteiger partial charge in [0, 0.05) is 12.7 Å². The fourth-order valence-corrected chi connectivity index (χ4v) is 1.60. The van der Waals surface area contributed by atoms with Crippen molar-refractivity contribution in [2.45, 2.75) is 39.7 Å². The van der Waals surface area contributed by atoms with Gasteiger partial charge in [-0.2, -0.15) is 0 Å². The minimum Gasteiger partial charge on any atom is -0.478 e. The van der Waals surface area contributed by atoms with Crippen molar-refractivity contribution in [2.75, 3.05) is 18.5 Å². The van der Waals surface area contributed by atoms with Crippen molar-refractivity contribution in [2.24, 2.45) is 0 Å². The minimum atomic E-state index is -0.812. The molecule has 1 heterocycles.